The molecule has 4 nitrogen and oxygen atoms in total. The van der Waals surface area contributed by atoms with E-state index in [-0.39, 0.29) is 22.2 Å². The molecule has 1 aliphatic rings. The van der Waals surface area contributed by atoms with Gasteiger partial charge in [-0.05, 0) is 49.8 Å². The molecule has 0 amide bonds. The SMILES string of the molecule is Cc1cc(N)cc(S(=O)(=O)N(CCC(C)C)C2CC2)c1F. The van der Waals surface area contributed by atoms with E-state index >= 15 is 0 Å². The van der Waals surface area contributed by atoms with Crippen LogP contribution in [0.5, 0.6) is 0 Å². The Morgan fingerprint density at radius 1 is 1.38 bits per heavy atom. The maximum absolute atomic E-state index is 14.3. The number of benzene rings is 1. The van der Waals surface area contributed by atoms with Gasteiger partial charge in [0.1, 0.15) is 10.7 Å². The molecule has 1 aromatic carbocycles. The summed E-state index contributed by atoms with van der Waals surface area (Å²) in [5.74, 6) is -0.298. The van der Waals surface area contributed by atoms with E-state index in [1.54, 1.807) is 0 Å². The van der Waals surface area contributed by atoms with Crippen molar-refractivity contribution in [3.8, 4) is 0 Å². The second-order valence-electron chi connectivity index (χ2n) is 6.18. The summed E-state index contributed by atoms with van der Waals surface area (Å²) < 4.78 is 41.3. The first-order valence-corrected chi connectivity index (χ1v) is 8.75. The second-order valence-corrected chi connectivity index (χ2v) is 8.04. The summed E-state index contributed by atoms with van der Waals surface area (Å²) in [6.45, 7) is 6.05. The van der Waals surface area contributed by atoms with Crippen molar-refractivity contribution in [3.63, 3.8) is 0 Å². The highest BCUT2D eigenvalue weighted by atomic mass is 32.2. The number of halogens is 1. The molecule has 0 aliphatic heterocycles. The van der Waals surface area contributed by atoms with Gasteiger partial charge in [-0.2, -0.15) is 4.31 Å². The Morgan fingerprint density at radius 3 is 2.52 bits per heavy atom. The van der Waals surface area contributed by atoms with Gasteiger partial charge in [0.2, 0.25) is 10.0 Å². The second kappa shape index (κ2) is 5.93. The van der Waals surface area contributed by atoms with Crippen molar-refractivity contribution < 1.29 is 12.8 Å². The average Bonchev–Trinajstić information content (AvgIpc) is 3.17. The minimum absolute atomic E-state index is 0.00915. The molecule has 21 heavy (non-hydrogen) atoms. The van der Waals surface area contributed by atoms with Crippen LogP contribution in [0.3, 0.4) is 0 Å². The molecule has 0 radical (unpaired) electrons. The van der Waals surface area contributed by atoms with E-state index in [4.69, 9.17) is 5.73 Å². The van der Waals surface area contributed by atoms with Crippen molar-refractivity contribution >= 4 is 15.7 Å². The van der Waals surface area contributed by atoms with E-state index in [0.29, 0.717) is 12.5 Å². The molecule has 6 heteroatoms. The minimum Gasteiger partial charge on any atom is -0.399 e. The van der Waals surface area contributed by atoms with E-state index < -0.39 is 15.8 Å². The molecule has 1 aliphatic carbocycles. The van der Waals surface area contributed by atoms with E-state index in [2.05, 4.69) is 0 Å². The monoisotopic (exact) mass is 314 g/mol. The molecule has 1 saturated carbocycles. The summed E-state index contributed by atoms with van der Waals surface area (Å²) in [7, 11) is -3.83. The van der Waals surface area contributed by atoms with E-state index in [1.807, 2.05) is 13.8 Å². The topological polar surface area (TPSA) is 63.4 Å². The zero-order chi connectivity index (χ0) is 15.8. The fraction of sp³-hybridized carbons (Fsp3) is 0.600. The summed E-state index contributed by atoms with van der Waals surface area (Å²) in [6.07, 6.45) is 2.46. The van der Waals surface area contributed by atoms with Gasteiger partial charge in [-0.25, -0.2) is 12.8 Å². The largest absolute Gasteiger partial charge is 0.399 e. The highest BCUT2D eigenvalue weighted by molar-refractivity contribution is 7.89. The van der Waals surface area contributed by atoms with E-state index in [0.717, 1.165) is 19.3 Å². The van der Waals surface area contributed by atoms with Gasteiger partial charge >= 0.3 is 0 Å². The Morgan fingerprint density at radius 2 is 2.00 bits per heavy atom. The van der Waals surface area contributed by atoms with Crippen LogP contribution in [0.25, 0.3) is 0 Å². The quantitative estimate of drug-likeness (QED) is 0.821. The molecule has 0 spiro atoms. The van der Waals surface area contributed by atoms with Gasteiger partial charge in [-0.15, -0.1) is 0 Å². The Balaban J connectivity index is 2.39. The molecule has 2 N–H and O–H groups in total. The third-order valence-electron chi connectivity index (χ3n) is 3.71. The molecule has 0 unspecified atom stereocenters. The lowest BCUT2D eigenvalue weighted by Gasteiger charge is -2.23. The third-order valence-corrected chi connectivity index (χ3v) is 5.66. The number of rotatable bonds is 6. The Labute approximate surface area is 126 Å². The molecule has 0 saturated heterocycles. The molecule has 0 bridgehead atoms. The Hall–Kier alpha value is -1.14. The average molecular weight is 314 g/mol. The first-order valence-electron chi connectivity index (χ1n) is 7.31. The number of nitrogens with zero attached hydrogens (tertiary/aromatic N) is 1. The summed E-state index contributed by atoms with van der Waals surface area (Å²) in [6, 6.07) is 2.68. The van der Waals surface area contributed by atoms with Crippen molar-refractivity contribution in [2.75, 3.05) is 12.3 Å². The van der Waals surface area contributed by atoms with Crippen LogP contribution < -0.4 is 5.73 Å². The molecule has 1 aromatic rings. The Bertz CT molecular complexity index is 625. The van der Waals surface area contributed by atoms with Gasteiger partial charge in [-0.1, -0.05) is 13.8 Å². The standard InChI is InChI=1S/C15H23FN2O2S/c1-10(2)6-7-18(13-4-5-13)21(19,20)14-9-12(17)8-11(3)15(14)16/h8-10,13H,4-7,17H2,1-3H3. The summed E-state index contributed by atoms with van der Waals surface area (Å²) >= 11 is 0. The summed E-state index contributed by atoms with van der Waals surface area (Å²) in [5, 5.41) is 0. The van der Waals surface area contributed by atoms with Gasteiger partial charge in [0.15, 0.2) is 0 Å². The van der Waals surface area contributed by atoms with Crippen molar-refractivity contribution in [2.45, 2.75) is 51.0 Å². The smallest absolute Gasteiger partial charge is 0.246 e. The number of nitrogens with two attached hydrogens (primary N) is 1. The van der Waals surface area contributed by atoms with Gasteiger partial charge in [0.25, 0.3) is 0 Å². The minimum atomic E-state index is -3.83. The lowest BCUT2D eigenvalue weighted by atomic mass is 10.1. The number of anilines is 1. The molecule has 118 valence electrons. The first-order chi connectivity index (χ1) is 9.73. The first kappa shape index (κ1) is 16.2. The number of hydrogen-bond donors (Lipinski definition) is 1. The number of sulfonamides is 1. The zero-order valence-electron chi connectivity index (χ0n) is 12.8. The fourth-order valence-electron chi connectivity index (χ4n) is 2.33. The van der Waals surface area contributed by atoms with E-state index in [9.17, 15) is 12.8 Å². The van der Waals surface area contributed by atoms with Crippen LogP contribution in [-0.4, -0.2) is 25.3 Å². The van der Waals surface area contributed by atoms with Crippen molar-refractivity contribution in [1.29, 1.82) is 0 Å². The predicted octanol–water partition coefficient (Wildman–Crippen LogP) is 2.92. The number of hydrogen-bond acceptors (Lipinski definition) is 3. The molecule has 1 fully saturated rings. The number of nitrogen functional groups attached to an aromatic ring is 1. The summed E-state index contributed by atoms with van der Waals surface area (Å²) in [4.78, 5) is -0.296. The third kappa shape index (κ3) is 3.55. The van der Waals surface area contributed by atoms with Gasteiger partial charge in [0, 0.05) is 18.3 Å². The van der Waals surface area contributed by atoms with Crippen LogP contribution in [0.4, 0.5) is 10.1 Å². The maximum atomic E-state index is 14.3. The van der Waals surface area contributed by atoms with E-state index in [1.165, 1.54) is 23.4 Å². The van der Waals surface area contributed by atoms with Crippen LogP contribution in [0.1, 0.15) is 38.7 Å². The van der Waals surface area contributed by atoms with Gasteiger partial charge in [-0.3, -0.25) is 0 Å². The summed E-state index contributed by atoms with van der Waals surface area (Å²) in [5.41, 5.74) is 6.22. The van der Waals surface area contributed by atoms with Crippen LogP contribution in [-0.2, 0) is 10.0 Å². The normalized spacial score (nSPS) is 15.9. The van der Waals surface area contributed by atoms with Crippen LogP contribution >= 0.6 is 0 Å². The Kier molecular flexibility index (Phi) is 4.58. The van der Waals surface area contributed by atoms with Gasteiger partial charge < -0.3 is 5.73 Å². The highest BCUT2D eigenvalue weighted by Gasteiger charge is 2.39. The van der Waals surface area contributed by atoms with Crippen molar-refractivity contribution in [2.24, 2.45) is 5.92 Å². The van der Waals surface area contributed by atoms with Crippen molar-refractivity contribution in [1.82, 2.24) is 4.31 Å². The lowest BCUT2D eigenvalue weighted by molar-refractivity contribution is 0.371. The number of aryl methyl sites for hydroxylation is 1. The van der Waals surface area contributed by atoms with Gasteiger partial charge in [0.05, 0.1) is 0 Å². The zero-order valence-corrected chi connectivity index (χ0v) is 13.6. The fourth-order valence-corrected chi connectivity index (χ4v) is 4.20. The highest BCUT2D eigenvalue weighted by Crippen LogP contribution is 2.34. The van der Waals surface area contributed by atoms with Crippen LogP contribution in [0.2, 0.25) is 0 Å². The predicted molar refractivity (Wildman–Crippen MR) is 81.9 cm³/mol. The lowest BCUT2D eigenvalue weighted by Crippen LogP contribution is -2.35. The van der Waals surface area contributed by atoms with Crippen molar-refractivity contribution in [3.05, 3.63) is 23.5 Å². The molecule has 2 rings (SSSR count). The molecular formula is C15H23FN2O2S. The molecule has 0 atom stereocenters. The molecule has 0 heterocycles. The molecule has 0 aromatic heterocycles. The van der Waals surface area contributed by atoms with Crippen LogP contribution in [0.15, 0.2) is 17.0 Å². The van der Waals surface area contributed by atoms with Crippen LogP contribution in [0, 0.1) is 18.7 Å². The maximum Gasteiger partial charge on any atom is 0.246 e. The molecular weight excluding hydrogens is 291 g/mol.